The van der Waals surface area contributed by atoms with E-state index in [1.54, 1.807) is 42.7 Å². The monoisotopic (exact) mass is 276 g/mol. The highest BCUT2D eigenvalue weighted by Crippen LogP contribution is 2.21. The molecule has 0 aliphatic carbocycles. The SMILES string of the molecule is O=C(CCSc1ccccc1F)Nc1cccnc1. The number of amides is 1. The Kier molecular flexibility index (Phi) is 4.92. The van der Waals surface area contributed by atoms with Crippen LogP contribution in [0.1, 0.15) is 6.42 Å². The Labute approximate surface area is 115 Å². The topological polar surface area (TPSA) is 42.0 Å². The van der Waals surface area contributed by atoms with Crippen LogP contribution >= 0.6 is 11.8 Å². The second-order valence-corrected chi connectivity index (χ2v) is 4.96. The van der Waals surface area contributed by atoms with Gasteiger partial charge < -0.3 is 5.32 Å². The minimum Gasteiger partial charge on any atom is -0.325 e. The van der Waals surface area contributed by atoms with E-state index in [1.165, 1.54) is 17.8 Å². The van der Waals surface area contributed by atoms with Crippen molar-refractivity contribution in [2.45, 2.75) is 11.3 Å². The van der Waals surface area contributed by atoms with Crippen LogP contribution in [0.4, 0.5) is 10.1 Å². The number of pyridine rings is 1. The minimum absolute atomic E-state index is 0.100. The number of nitrogens with one attached hydrogen (secondary N) is 1. The molecule has 1 aromatic carbocycles. The maximum atomic E-state index is 13.3. The first-order valence-corrected chi connectivity index (χ1v) is 6.81. The molecule has 2 rings (SSSR count). The number of thioether (sulfide) groups is 1. The maximum Gasteiger partial charge on any atom is 0.225 e. The highest BCUT2D eigenvalue weighted by molar-refractivity contribution is 7.99. The molecule has 0 aliphatic heterocycles. The van der Waals surface area contributed by atoms with Crippen molar-refractivity contribution in [3.05, 3.63) is 54.6 Å². The fourth-order valence-electron chi connectivity index (χ4n) is 1.48. The van der Waals surface area contributed by atoms with Crippen molar-refractivity contribution in [3.8, 4) is 0 Å². The first-order chi connectivity index (χ1) is 9.25. The average molecular weight is 276 g/mol. The molecule has 0 radical (unpaired) electrons. The van der Waals surface area contributed by atoms with Crippen LogP contribution in [-0.2, 0) is 4.79 Å². The van der Waals surface area contributed by atoms with Crippen LogP contribution in [0, 0.1) is 5.82 Å². The van der Waals surface area contributed by atoms with Crippen LogP contribution < -0.4 is 5.32 Å². The lowest BCUT2D eigenvalue weighted by atomic mass is 10.3. The van der Waals surface area contributed by atoms with Crippen molar-refractivity contribution in [2.24, 2.45) is 0 Å². The van der Waals surface area contributed by atoms with Crippen molar-refractivity contribution < 1.29 is 9.18 Å². The number of benzene rings is 1. The van der Waals surface area contributed by atoms with Gasteiger partial charge in [0, 0.05) is 23.3 Å². The Morgan fingerprint density at radius 2 is 2.11 bits per heavy atom. The molecule has 0 spiro atoms. The number of aromatic nitrogens is 1. The molecule has 2 aromatic rings. The summed E-state index contributed by atoms with van der Waals surface area (Å²) in [5, 5.41) is 2.73. The molecule has 0 atom stereocenters. The third-order valence-electron chi connectivity index (χ3n) is 2.37. The summed E-state index contributed by atoms with van der Waals surface area (Å²) >= 11 is 1.33. The predicted octanol–water partition coefficient (Wildman–Crippen LogP) is 3.34. The van der Waals surface area contributed by atoms with E-state index >= 15 is 0 Å². The average Bonchev–Trinajstić information content (AvgIpc) is 2.42. The second-order valence-electron chi connectivity index (χ2n) is 3.82. The van der Waals surface area contributed by atoms with Crippen molar-refractivity contribution in [3.63, 3.8) is 0 Å². The lowest BCUT2D eigenvalue weighted by Crippen LogP contribution is -2.12. The Morgan fingerprint density at radius 3 is 2.84 bits per heavy atom. The molecule has 1 N–H and O–H groups in total. The summed E-state index contributed by atoms with van der Waals surface area (Å²) in [4.78, 5) is 16.1. The number of rotatable bonds is 5. The Morgan fingerprint density at radius 1 is 1.26 bits per heavy atom. The third-order valence-corrected chi connectivity index (χ3v) is 3.42. The smallest absolute Gasteiger partial charge is 0.225 e. The zero-order chi connectivity index (χ0) is 13.5. The number of hydrogen-bond donors (Lipinski definition) is 1. The molecule has 0 saturated heterocycles. The molecular formula is C14H13FN2OS. The number of halogens is 1. The lowest BCUT2D eigenvalue weighted by molar-refractivity contribution is -0.115. The molecule has 98 valence electrons. The molecule has 0 saturated carbocycles. The van der Waals surface area contributed by atoms with Crippen LogP contribution in [0.2, 0.25) is 0 Å². The van der Waals surface area contributed by atoms with Crippen LogP contribution in [0.3, 0.4) is 0 Å². The van der Waals surface area contributed by atoms with Gasteiger partial charge in [0.05, 0.1) is 11.9 Å². The van der Waals surface area contributed by atoms with Crippen LogP contribution in [0.25, 0.3) is 0 Å². The number of carbonyl (C=O) groups excluding carboxylic acids is 1. The standard InChI is InChI=1S/C14H13FN2OS/c15-12-5-1-2-6-13(12)19-9-7-14(18)17-11-4-3-8-16-10-11/h1-6,8,10H,7,9H2,(H,17,18). The molecule has 0 aliphatic rings. The first-order valence-electron chi connectivity index (χ1n) is 5.83. The number of hydrogen-bond acceptors (Lipinski definition) is 3. The molecule has 1 amide bonds. The molecule has 0 fully saturated rings. The highest BCUT2D eigenvalue weighted by Gasteiger charge is 2.05. The zero-order valence-electron chi connectivity index (χ0n) is 10.2. The van der Waals surface area contributed by atoms with Gasteiger partial charge in [0.1, 0.15) is 5.82 Å². The van der Waals surface area contributed by atoms with E-state index in [9.17, 15) is 9.18 Å². The molecule has 19 heavy (non-hydrogen) atoms. The van der Waals surface area contributed by atoms with Crippen molar-refractivity contribution >= 4 is 23.4 Å². The van der Waals surface area contributed by atoms with Crippen LogP contribution in [-0.4, -0.2) is 16.6 Å². The quantitative estimate of drug-likeness (QED) is 0.852. The zero-order valence-corrected chi connectivity index (χ0v) is 11.0. The van der Waals surface area contributed by atoms with E-state index in [2.05, 4.69) is 10.3 Å². The van der Waals surface area contributed by atoms with Gasteiger partial charge in [0.15, 0.2) is 0 Å². The van der Waals surface area contributed by atoms with Gasteiger partial charge in [-0.3, -0.25) is 9.78 Å². The summed E-state index contributed by atoms with van der Waals surface area (Å²) in [6.07, 6.45) is 3.56. The van der Waals surface area contributed by atoms with Gasteiger partial charge in [-0.15, -0.1) is 11.8 Å². The summed E-state index contributed by atoms with van der Waals surface area (Å²) in [5.74, 6) is 0.185. The molecule has 0 unspecified atom stereocenters. The highest BCUT2D eigenvalue weighted by atomic mass is 32.2. The maximum absolute atomic E-state index is 13.3. The summed E-state index contributed by atoms with van der Waals surface area (Å²) in [6, 6.07) is 10.1. The normalized spacial score (nSPS) is 10.2. The van der Waals surface area contributed by atoms with Crippen LogP contribution in [0.15, 0.2) is 53.7 Å². The van der Waals surface area contributed by atoms with Crippen molar-refractivity contribution in [1.29, 1.82) is 0 Å². The summed E-state index contributed by atoms with van der Waals surface area (Å²) < 4.78 is 13.3. The van der Waals surface area contributed by atoms with Gasteiger partial charge in [-0.1, -0.05) is 12.1 Å². The van der Waals surface area contributed by atoms with Crippen molar-refractivity contribution in [2.75, 3.05) is 11.1 Å². The molecule has 5 heteroatoms. The third kappa shape index (κ3) is 4.37. The fraction of sp³-hybridized carbons (Fsp3) is 0.143. The van der Waals surface area contributed by atoms with Gasteiger partial charge in [-0.25, -0.2) is 4.39 Å². The fourth-order valence-corrected chi connectivity index (χ4v) is 2.36. The molecule has 1 aromatic heterocycles. The van der Waals surface area contributed by atoms with Crippen LogP contribution in [0.5, 0.6) is 0 Å². The molecule has 0 bridgehead atoms. The minimum atomic E-state index is -0.250. The first kappa shape index (κ1) is 13.5. The lowest BCUT2D eigenvalue weighted by Gasteiger charge is -2.05. The van der Waals surface area contributed by atoms with E-state index in [0.29, 0.717) is 22.8 Å². The van der Waals surface area contributed by atoms with E-state index in [-0.39, 0.29) is 11.7 Å². The van der Waals surface area contributed by atoms with E-state index in [0.717, 1.165) is 0 Å². The largest absolute Gasteiger partial charge is 0.325 e. The van der Waals surface area contributed by atoms with E-state index < -0.39 is 0 Å². The Bertz CT molecular complexity index is 548. The second kappa shape index (κ2) is 6.89. The van der Waals surface area contributed by atoms with E-state index in [4.69, 9.17) is 0 Å². The van der Waals surface area contributed by atoms with Gasteiger partial charge in [0.25, 0.3) is 0 Å². The summed E-state index contributed by atoms with van der Waals surface area (Å²) in [7, 11) is 0. The van der Waals surface area contributed by atoms with Gasteiger partial charge >= 0.3 is 0 Å². The molecule has 3 nitrogen and oxygen atoms in total. The number of carbonyl (C=O) groups is 1. The van der Waals surface area contributed by atoms with Gasteiger partial charge in [-0.2, -0.15) is 0 Å². The number of nitrogens with zero attached hydrogens (tertiary/aromatic N) is 1. The Balaban J connectivity index is 1.77. The molecule has 1 heterocycles. The van der Waals surface area contributed by atoms with Gasteiger partial charge in [0.2, 0.25) is 5.91 Å². The Hall–Kier alpha value is -1.88. The van der Waals surface area contributed by atoms with Gasteiger partial charge in [-0.05, 0) is 24.3 Å². The van der Waals surface area contributed by atoms with Crippen molar-refractivity contribution in [1.82, 2.24) is 4.98 Å². The summed E-state index contributed by atoms with van der Waals surface area (Å²) in [6.45, 7) is 0. The molecular weight excluding hydrogens is 263 g/mol. The van der Waals surface area contributed by atoms with E-state index in [1.807, 2.05) is 0 Å². The predicted molar refractivity (Wildman–Crippen MR) is 74.6 cm³/mol. The number of anilines is 1. The summed E-state index contributed by atoms with van der Waals surface area (Å²) in [5.41, 5.74) is 0.670.